The zero-order valence-corrected chi connectivity index (χ0v) is 13.5. The van der Waals surface area contributed by atoms with Crippen LogP contribution < -0.4 is 5.32 Å². The van der Waals surface area contributed by atoms with Crippen molar-refractivity contribution in [3.05, 3.63) is 34.9 Å². The fraction of sp³-hybridized carbons (Fsp3) is 0.529. The Balaban J connectivity index is 1.69. The monoisotopic (exact) mass is 320 g/mol. The molecule has 2 aliphatic rings. The van der Waals surface area contributed by atoms with E-state index >= 15 is 0 Å². The molecule has 1 saturated heterocycles. The number of nitrogens with one attached hydrogen (secondary N) is 1. The van der Waals surface area contributed by atoms with E-state index in [0.717, 1.165) is 31.2 Å². The van der Waals surface area contributed by atoms with E-state index in [9.17, 15) is 9.59 Å². The molecule has 1 heterocycles. The molecule has 22 heavy (non-hydrogen) atoms. The van der Waals surface area contributed by atoms with Crippen molar-refractivity contribution in [3.8, 4) is 0 Å². The van der Waals surface area contributed by atoms with Crippen molar-refractivity contribution in [2.45, 2.75) is 37.6 Å². The molecule has 118 valence electrons. The molecule has 4 nitrogen and oxygen atoms in total. The highest BCUT2D eigenvalue weighted by Crippen LogP contribution is 2.49. The van der Waals surface area contributed by atoms with E-state index in [2.05, 4.69) is 5.32 Å². The minimum Gasteiger partial charge on any atom is -0.357 e. The fourth-order valence-corrected chi connectivity index (χ4v) is 3.52. The number of halogens is 1. The lowest BCUT2D eigenvalue weighted by atomic mass is 10.00. The van der Waals surface area contributed by atoms with Crippen LogP contribution in [-0.2, 0) is 9.59 Å². The highest BCUT2D eigenvalue weighted by Gasteiger charge is 2.47. The molecule has 1 aromatic carbocycles. The van der Waals surface area contributed by atoms with Gasteiger partial charge in [-0.1, -0.05) is 23.7 Å². The fourth-order valence-electron chi connectivity index (χ4n) is 3.39. The van der Waals surface area contributed by atoms with Crippen molar-refractivity contribution >= 4 is 23.4 Å². The molecular formula is C17H21ClN2O2. The van der Waals surface area contributed by atoms with Crippen LogP contribution in [0.3, 0.4) is 0 Å². The number of likely N-dealkylation sites (N-methyl/N-ethyl adjacent to an activating group) is 1. The maximum Gasteiger partial charge on any atom is 0.242 e. The second kappa shape index (κ2) is 6.29. The van der Waals surface area contributed by atoms with Crippen LogP contribution in [0.2, 0.25) is 5.02 Å². The van der Waals surface area contributed by atoms with Crippen molar-refractivity contribution in [1.82, 2.24) is 10.2 Å². The van der Waals surface area contributed by atoms with Crippen LogP contribution in [0.5, 0.6) is 0 Å². The summed E-state index contributed by atoms with van der Waals surface area (Å²) in [7, 11) is 1.63. The van der Waals surface area contributed by atoms with Crippen LogP contribution in [0, 0.1) is 5.92 Å². The smallest absolute Gasteiger partial charge is 0.242 e. The normalized spacial score (nSPS) is 27.4. The summed E-state index contributed by atoms with van der Waals surface area (Å²) in [5.41, 5.74) is 1.16. The maximum absolute atomic E-state index is 12.8. The van der Waals surface area contributed by atoms with E-state index in [0.29, 0.717) is 11.6 Å². The Morgan fingerprint density at radius 3 is 2.64 bits per heavy atom. The average molecular weight is 321 g/mol. The summed E-state index contributed by atoms with van der Waals surface area (Å²) in [5.74, 6) is 0.383. The summed E-state index contributed by atoms with van der Waals surface area (Å²) in [6.07, 6.45) is 3.63. The molecule has 2 fully saturated rings. The molecule has 0 unspecified atom stereocenters. The predicted octanol–water partition coefficient (Wildman–Crippen LogP) is 2.57. The first-order chi connectivity index (χ1) is 10.6. The number of carbonyl (C=O) groups is 2. The average Bonchev–Trinajstić information content (AvgIpc) is 3.34. The van der Waals surface area contributed by atoms with Crippen LogP contribution in [0.1, 0.15) is 37.2 Å². The van der Waals surface area contributed by atoms with Crippen LogP contribution >= 0.6 is 11.6 Å². The summed E-state index contributed by atoms with van der Waals surface area (Å²) in [4.78, 5) is 26.6. The molecule has 1 N–H and O–H groups in total. The van der Waals surface area contributed by atoms with Gasteiger partial charge in [-0.2, -0.15) is 0 Å². The molecule has 0 bridgehead atoms. The lowest BCUT2D eigenvalue weighted by Crippen LogP contribution is -2.51. The number of hydrogen-bond acceptors (Lipinski definition) is 2. The van der Waals surface area contributed by atoms with Gasteiger partial charge in [0.05, 0.1) is 0 Å². The molecule has 1 aromatic rings. The number of benzene rings is 1. The van der Waals surface area contributed by atoms with E-state index < -0.39 is 0 Å². The van der Waals surface area contributed by atoms with Crippen molar-refractivity contribution in [1.29, 1.82) is 0 Å². The second-order valence-corrected chi connectivity index (χ2v) is 6.59. The van der Waals surface area contributed by atoms with Gasteiger partial charge in [0.2, 0.25) is 11.8 Å². The van der Waals surface area contributed by atoms with Crippen LogP contribution in [0.25, 0.3) is 0 Å². The first-order valence-corrected chi connectivity index (χ1v) is 8.27. The van der Waals surface area contributed by atoms with Gasteiger partial charge in [-0.05, 0) is 49.3 Å². The number of rotatable bonds is 3. The number of likely N-dealkylation sites (tertiary alicyclic amines) is 1. The summed E-state index contributed by atoms with van der Waals surface area (Å²) in [5, 5.41) is 3.39. The third-order valence-electron chi connectivity index (χ3n) is 4.74. The zero-order chi connectivity index (χ0) is 15.7. The Morgan fingerprint density at radius 1 is 1.23 bits per heavy atom. The van der Waals surface area contributed by atoms with Gasteiger partial charge in [0, 0.05) is 24.5 Å². The Labute approximate surface area is 135 Å². The van der Waals surface area contributed by atoms with Crippen molar-refractivity contribution in [3.63, 3.8) is 0 Å². The summed E-state index contributed by atoms with van der Waals surface area (Å²) in [6, 6.07) is 7.42. The quantitative estimate of drug-likeness (QED) is 0.930. The van der Waals surface area contributed by atoms with Gasteiger partial charge in [0.1, 0.15) is 6.04 Å². The maximum atomic E-state index is 12.8. The van der Waals surface area contributed by atoms with Crippen LogP contribution in [0.4, 0.5) is 0 Å². The molecule has 0 aromatic heterocycles. The topological polar surface area (TPSA) is 49.4 Å². The lowest BCUT2D eigenvalue weighted by Gasteiger charge is -2.34. The predicted molar refractivity (Wildman–Crippen MR) is 85.7 cm³/mol. The number of carbonyl (C=O) groups excluding carboxylic acids is 2. The molecular weight excluding hydrogens is 300 g/mol. The van der Waals surface area contributed by atoms with Crippen LogP contribution in [-0.4, -0.2) is 36.3 Å². The van der Waals surface area contributed by atoms with E-state index in [1.807, 2.05) is 24.3 Å². The van der Waals surface area contributed by atoms with E-state index in [1.165, 1.54) is 0 Å². The Morgan fingerprint density at radius 2 is 1.95 bits per heavy atom. The van der Waals surface area contributed by atoms with Gasteiger partial charge < -0.3 is 10.2 Å². The minimum atomic E-state index is -0.294. The third kappa shape index (κ3) is 2.98. The summed E-state index contributed by atoms with van der Waals surface area (Å²) >= 11 is 5.91. The van der Waals surface area contributed by atoms with Gasteiger partial charge in [-0.3, -0.25) is 9.59 Å². The van der Waals surface area contributed by atoms with Crippen LogP contribution in [0.15, 0.2) is 24.3 Å². The second-order valence-electron chi connectivity index (χ2n) is 6.16. The van der Waals surface area contributed by atoms with Gasteiger partial charge in [0.25, 0.3) is 0 Å². The molecule has 2 amide bonds. The van der Waals surface area contributed by atoms with E-state index in [1.54, 1.807) is 11.9 Å². The van der Waals surface area contributed by atoms with Crippen molar-refractivity contribution in [2.24, 2.45) is 5.92 Å². The van der Waals surface area contributed by atoms with Gasteiger partial charge in [-0.15, -0.1) is 0 Å². The van der Waals surface area contributed by atoms with Crippen molar-refractivity contribution in [2.75, 3.05) is 13.6 Å². The summed E-state index contributed by atoms with van der Waals surface area (Å²) in [6.45, 7) is 0.695. The van der Waals surface area contributed by atoms with E-state index in [4.69, 9.17) is 11.6 Å². The molecule has 1 aliphatic heterocycles. The highest BCUT2D eigenvalue weighted by molar-refractivity contribution is 6.30. The Bertz CT molecular complexity index is 573. The molecule has 0 radical (unpaired) electrons. The Hall–Kier alpha value is -1.55. The number of amides is 2. The number of nitrogens with zero attached hydrogens (tertiary/aromatic N) is 1. The highest BCUT2D eigenvalue weighted by atomic mass is 35.5. The van der Waals surface area contributed by atoms with Gasteiger partial charge in [-0.25, -0.2) is 0 Å². The SMILES string of the molecule is CNC(=O)[C@@H]1CCCCN1C(=O)[C@H]1C[C@H]1c1ccc(Cl)cc1. The number of piperidine rings is 1. The van der Waals surface area contributed by atoms with E-state index in [-0.39, 0.29) is 29.7 Å². The molecule has 0 spiro atoms. The zero-order valence-electron chi connectivity index (χ0n) is 12.7. The molecule has 1 saturated carbocycles. The molecule has 1 aliphatic carbocycles. The van der Waals surface area contributed by atoms with Gasteiger partial charge >= 0.3 is 0 Å². The molecule has 3 atom stereocenters. The molecule has 3 rings (SSSR count). The number of hydrogen-bond donors (Lipinski definition) is 1. The summed E-state index contributed by atoms with van der Waals surface area (Å²) < 4.78 is 0. The largest absolute Gasteiger partial charge is 0.357 e. The Kier molecular flexibility index (Phi) is 4.39. The van der Waals surface area contributed by atoms with Gasteiger partial charge in [0.15, 0.2) is 0 Å². The lowest BCUT2D eigenvalue weighted by molar-refractivity contribution is -0.143. The minimum absolute atomic E-state index is 0.0198. The molecule has 5 heteroatoms. The first-order valence-electron chi connectivity index (χ1n) is 7.89. The third-order valence-corrected chi connectivity index (χ3v) is 4.99. The first kappa shape index (κ1) is 15.3. The van der Waals surface area contributed by atoms with Crippen molar-refractivity contribution < 1.29 is 9.59 Å². The standard InChI is InChI=1S/C17H21ClN2O2/c1-19-16(21)15-4-2-3-9-20(15)17(22)14-10-13(14)11-5-7-12(18)8-6-11/h5-8,13-15H,2-4,9-10H2,1H3,(H,19,21)/t13-,14-,15-/m0/s1.